The van der Waals surface area contributed by atoms with Gasteiger partial charge in [-0.15, -0.1) is 12.3 Å². The van der Waals surface area contributed by atoms with Crippen LogP contribution in [0.3, 0.4) is 0 Å². The first-order valence-electron chi connectivity index (χ1n) is 6.58. The van der Waals surface area contributed by atoms with E-state index < -0.39 is 6.10 Å². The van der Waals surface area contributed by atoms with E-state index in [9.17, 15) is 5.11 Å². The molecule has 0 saturated carbocycles. The standard InChI is InChI=1S/C18H18O/c1-2-3-5-10-18(19)17-13-11-16(12-14-17)15-8-6-4-7-9-15/h1,4,6-9,11-14,18-19H,3,5,10H2. The molecule has 2 aromatic rings. The lowest BCUT2D eigenvalue weighted by Gasteiger charge is -2.11. The zero-order chi connectivity index (χ0) is 13.5. The van der Waals surface area contributed by atoms with Crippen molar-refractivity contribution in [1.29, 1.82) is 0 Å². The van der Waals surface area contributed by atoms with E-state index in [1.807, 2.05) is 30.3 Å². The smallest absolute Gasteiger partial charge is 0.0790 e. The van der Waals surface area contributed by atoms with Crippen LogP contribution in [0.25, 0.3) is 11.1 Å². The maximum Gasteiger partial charge on any atom is 0.0790 e. The van der Waals surface area contributed by atoms with Gasteiger partial charge in [-0.1, -0.05) is 54.6 Å². The molecule has 1 unspecified atom stereocenters. The SMILES string of the molecule is C#CCCCC(O)c1ccc(-c2ccccc2)cc1. The molecule has 96 valence electrons. The number of rotatable bonds is 5. The van der Waals surface area contributed by atoms with Crippen molar-refractivity contribution >= 4 is 0 Å². The topological polar surface area (TPSA) is 20.2 Å². The molecule has 0 aliphatic rings. The molecule has 0 spiro atoms. The van der Waals surface area contributed by atoms with Crippen LogP contribution < -0.4 is 0 Å². The van der Waals surface area contributed by atoms with Crippen LogP contribution in [-0.2, 0) is 0 Å². The molecule has 1 heteroatoms. The Kier molecular flexibility index (Phi) is 4.78. The number of hydrogen-bond acceptors (Lipinski definition) is 1. The van der Waals surface area contributed by atoms with Gasteiger partial charge in [0.15, 0.2) is 0 Å². The predicted molar refractivity (Wildman–Crippen MR) is 79.5 cm³/mol. The van der Waals surface area contributed by atoms with E-state index in [4.69, 9.17) is 6.42 Å². The first kappa shape index (κ1) is 13.4. The molecular weight excluding hydrogens is 232 g/mol. The van der Waals surface area contributed by atoms with E-state index >= 15 is 0 Å². The maximum absolute atomic E-state index is 10.0. The van der Waals surface area contributed by atoms with Crippen LogP contribution in [0, 0.1) is 12.3 Å². The normalized spacial score (nSPS) is 11.8. The lowest BCUT2D eigenvalue weighted by Crippen LogP contribution is -1.97. The van der Waals surface area contributed by atoms with Crippen molar-refractivity contribution in [3.63, 3.8) is 0 Å². The van der Waals surface area contributed by atoms with Crippen LogP contribution in [0.5, 0.6) is 0 Å². The van der Waals surface area contributed by atoms with Crippen molar-refractivity contribution < 1.29 is 5.11 Å². The summed E-state index contributed by atoms with van der Waals surface area (Å²) in [6, 6.07) is 18.3. The van der Waals surface area contributed by atoms with E-state index in [-0.39, 0.29) is 0 Å². The third-order valence-electron chi connectivity index (χ3n) is 3.20. The van der Waals surface area contributed by atoms with Crippen LogP contribution in [-0.4, -0.2) is 5.11 Å². The molecule has 1 N–H and O–H groups in total. The van der Waals surface area contributed by atoms with E-state index in [1.54, 1.807) is 0 Å². The van der Waals surface area contributed by atoms with Gasteiger partial charge in [0.2, 0.25) is 0 Å². The maximum atomic E-state index is 10.0. The molecule has 0 aromatic heterocycles. The zero-order valence-electron chi connectivity index (χ0n) is 10.9. The van der Waals surface area contributed by atoms with Crippen molar-refractivity contribution in [2.45, 2.75) is 25.4 Å². The molecule has 0 radical (unpaired) electrons. The van der Waals surface area contributed by atoms with Crippen LogP contribution in [0.4, 0.5) is 0 Å². The van der Waals surface area contributed by atoms with Gasteiger partial charge in [0, 0.05) is 6.42 Å². The van der Waals surface area contributed by atoms with Crippen LogP contribution >= 0.6 is 0 Å². The summed E-state index contributed by atoms with van der Waals surface area (Å²) >= 11 is 0. The average molecular weight is 250 g/mol. The molecule has 2 aromatic carbocycles. The summed E-state index contributed by atoms with van der Waals surface area (Å²) in [6.07, 6.45) is 7.09. The molecular formula is C18H18O. The second-order valence-electron chi connectivity index (χ2n) is 4.60. The summed E-state index contributed by atoms with van der Waals surface area (Å²) in [4.78, 5) is 0. The van der Waals surface area contributed by atoms with E-state index in [1.165, 1.54) is 11.1 Å². The number of benzene rings is 2. The molecule has 2 rings (SSSR count). The Morgan fingerprint density at radius 3 is 2.21 bits per heavy atom. The van der Waals surface area contributed by atoms with E-state index in [2.05, 4.69) is 30.2 Å². The lowest BCUT2D eigenvalue weighted by molar-refractivity contribution is 0.165. The molecule has 0 fully saturated rings. The number of terminal acetylenes is 1. The van der Waals surface area contributed by atoms with Gasteiger partial charge in [-0.05, 0) is 29.5 Å². The highest BCUT2D eigenvalue weighted by Gasteiger charge is 2.07. The average Bonchev–Trinajstić information content (AvgIpc) is 2.48. The molecule has 0 aliphatic heterocycles. The Labute approximate surface area is 114 Å². The van der Waals surface area contributed by atoms with Gasteiger partial charge in [-0.25, -0.2) is 0 Å². The van der Waals surface area contributed by atoms with Crippen LogP contribution in [0.2, 0.25) is 0 Å². The summed E-state index contributed by atoms with van der Waals surface area (Å²) in [5.41, 5.74) is 3.31. The Bertz CT molecular complexity index is 534. The van der Waals surface area contributed by atoms with Crippen LogP contribution in [0.1, 0.15) is 30.9 Å². The molecule has 1 atom stereocenters. The minimum absolute atomic E-state index is 0.418. The van der Waals surface area contributed by atoms with Crippen molar-refractivity contribution in [2.24, 2.45) is 0 Å². The third kappa shape index (κ3) is 3.71. The molecule has 0 aliphatic carbocycles. The molecule has 0 saturated heterocycles. The third-order valence-corrected chi connectivity index (χ3v) is 3.20. The molecule has 0 bridgehead atoms. The lowest BCUT2D eigenvalue weighted by atomic mass is 9.99. The number of aliphatic hydroxyl groups is 1. The largest absolute Gasteiger partial charge is 0.388 e. The fourth-order valence-corrected chi connectivity index (χ4v) is 2.09. The Hall–Kier alpha value is -2.04. The highest BCUT2D eigenvalue weighted by molar-refractivity contribution is 5.63. The second kappa shape index (κ2) is 6.78. The van der Waals surface area contributed by atoms with E-state index in [0.717, 1.165) is 24.8 Å². The van der Waals surface area contributed by atoms with Gasteiger partial charge >= 0.3 is 0 Å². The molecule has 0 amide bonds. The first-order valence-corrected chi connectivity index (χ1v) is 6.58. The van der Waals surface area contributed by atoms with Crippen molar-refractivity contribution in [2.75, 3.05) is 0 Å². The fraction of sp³-hybridized carbons (Fsp3) is 0.222. The van der Waals surface area contributed by atoms with Gasteiger partial charge < -0.3 is 5.11 Å². The van der Waals surface area contributed by atoms with Gasteiger partial charge in [-0.2, -0.15) is 0 Å². The van der Waals surface area contributed by atoms with Crippen molar-refractivity contribution in [3.05, 3.63) is 60.2 Å². The van der Waals surface area contributed by atoms with Gasteiger partial charge in [-0.3, -0.25) is 0 Å². The summed E-state index contributed by atoms with van der Waals surface area (Å²) < 4.78 is 0. The molecule has 19 heavy (non-hydrogen) atoms. The zero-order valence-corrected chi connectivity index (χ0v) is 10.9. The van der Waals surface area contributed by atoms with Gasteiger partial charge in [0.1, 0.15) is 0 Å². The molecule has 1 nitrogen and oxygen atoms in total. The quantitative estimate of drug-likeness (QED) is 0.623. The molecule has 0 heterocycles. The van der Waals surface area contributed by atoms with Crippen molar-refractivity contribution in [3.8, 4) is 23.5 Å². The highest BCUT2D eigenvalue weighted by Crippen LogP contribution is 2.24. The second-order valence-corrected chi connectivity index (χ2v) is 4.60. The van der Waals surface area contributed by atoms with E-state index in [0.29, 0.717) is 0 Å². The monoisotopic (exact) mass is 250 g/mol. The number of unbranched alkanes of at least 4 members (excludes halogenated alkanes) is 1. The highest BCUT2D eigenvalue weighted by atomic mass is 16.3. The van der Waals surface area contributed by atoms with Crippen molar-refractivity contribution in [1.82, 2.24) is 0 Å². The summed E-state index contributed by atoms with van der Waals surface area (Å²) in [7, 11) is 0. The predicted octanol–water partition coefficient (Wildman–Crippen LogP) is 4.19. The summed E-state index contributed by atoms with van der Waals surface area (Å²) in [5.74, 6) is 2.59. The Morgan fingerprint density at radius 1 is 0.947 bits per heavy atom. The Morgan fingerprint density at radius 2 is 1.58 bits per heavy atom. The summed E-state index contributed by atoms with van der Waals surface area (Å²) in [5, 5.41) is 10.0. The van der Waals surface area contributed by atoms with Gasteiger partial charge in [0.25, 0.3) is 0 Å². The number of hydrogen-bond donors (Lipinski definition) is 1. The minimum Gasteiger partial charge on any atom is -0.388 e. The van der Waals surface area contributed by atoms with Gasteiger partial charge in [0.05, 0.1) is 6.10 Å². The Balaban J connectivity index is 2.04. The summed E-state index contributed by atoms with van der Waals surface area (Å²) in [6.45, 7) is 0. The first-order chi connectivity index (χ1) is 9.31. The number of aliphatic hydroxyl groups excluding tert-OH is 1. The van der Waals surface area contributed by atoms with Crippen LogP contribution in [0.15, 0.2) is 54.6 Å². The minimum atomic E-state index is -0.418. The fourth-order valence-electron chi connectivity index (χ4n) is 2.09.